The van der Waals surface area contributed by atoms with Gasteiger partial charge in [0.25, 0.3) is 0 Å². The zero-order valence-electron chi connectivity index (χ0n) is 24.2. The third-order valence-electron chi connectivity index (χ3n) is 9.19. The van der Waals surface area contributed by atoms with Crippen molar-refractivity contribution < 1.29 is 4.39 Å². The molecule has 1 fully saturated rings. The average Bonchev–Trinajstić information content (AvgIpc) is 3.13. The van der Waals surface area contributed by atoms with Crippen molar-refractivity contribution in [3.05, 3.63) is 105 Å². The molecule has 0 aliphatic heterocycles. The molecule has 0 aromatic heterocycles. The van der Waals surface area contributed by atoms with E-state index in [1.165, 1.54) is 28.7 Å². The molecule has 2 aliphatic carbocycles. The number of nitrogens with one attached hydrogen (secondary N) is 1. The number of allylic oxidation sites excluding steroid dienone is 6. The summed E-state index contributed by atoms with van der Waals surface area (Å²) in [5, 5.41) is 0. The minimum Gasteiger partial charge on any atom is -0.253 e. The fourth-order valence-corrected chi connectivity index (χ4v) is 6.86. The standard InChI is InChI=1S/C34H45FN2S/c1-8-10-28-23-34(4)30(22-29(28)21-26-15-13-25(2)14-16-26)18-20-33(34,3)19-17-27-11-9-12-32(35)31(27)24-36-38(7)37(5)6/h8-16,22,36H,7,17-21,23-24H2,1-6H3/b10-8-. The van der Waals surface area contributed by atoms with E-state index in [4.69, 9.17) is 0 Å². The van der Waals surface area contributed by atoms with Crippen molar-refractivity contribution in [2.75, 3.05) is 14.1 Å². The normalized spacial score (nSPS) is 24.3. The van der Waals surface area contributed by atoms with E-state index in [2.05, 4.69) is 86.8 Å². The Morgan fingerprint density at radius 3 is 2.55 bits per heavy atom. The summed E-state index contributed by atoms with van der Waals surface area (Å²) < 4.78 is 20.4. The van der Waals surface area contributed by atoms with Crippen molar-refractivity contribution in [3.63, 3.8) is 0 Å². The Bertz CT molecular complexity index is 1270. The lowest BCUT2D eigenvalue weighted by molar-refractivity contribution is 0.126. The maximum Gasteiger partial charge on any atom is 0.128 e. The van der Waals surface area contributed by atoms with Crippen molar-refractivity contribution in [2.45, 2.75) is 72.8 Å². The van der Waals surface area contributed by atoms with Gasteiger partial charge in [-0.15, -0.1) is 0 Å². The highest BCUT2D eigenvalue weighted by molar-refractivity contribution is 8.10. The summed E-state index contributed by atoms with van der Waals surface area (Å²) in [6.45, 7) is 9.73. The van der Waals surface area contributed by atoms with Crippen molar-refractivity contribution in [3.8, 4) is 0 Å². The monoisotopic (exact) mass is 532 g/mol. The van der Waals surface area contributed by atoms with Crippen LogP contribution in [0.4, 0.5) is 4.39 Å². The first-order valence-corrected chi connectivity index (χ1v) is 15.2. The number of aryl methyl sites for hydroxylation is 2. The molecule has 4 heteroatoms. The highest BCUT2D eigenvalue weighted by Crippen LogP contribution is 2.63. The number of hydrogen-bond acceptors (Lipinski definition) is 2. The van der Waals surface area contributed by atoms with Gasteiger partial charge >= 0.3 is 0 Å². The van der Waals surface area contributed by atoms with Gasteiger partial charge in [-0.05, 0) is 112 Å². The first-order valence-electron chi connectivity index (χ1n) is 13.9. The second kappa shape index (κ2) is 11.9. The van der Waals surface area contributed by atoms with Gasteiger partial charge in [0.05, 0.1) is 0 Å². The Kier molecular flexibility index (Phi) is 8.96. The molecule has 0 saturated heterocycles. The van der Waals surface area contributed by atoms with Crippen LogP contribution in [0.25, 0.3) is 0 Å². The molecular formula is C34H45FN2S. The zero-order chi connectivity index (χ0) is 27.5. The summed E-state index contributed by atoms with van der Waals surface area (Å²) >= 11 is 0. The van der Waals surface area contributed by atoms with Crippen molar-refractivity contribution in [1.82, 2.24) is 9.03 Å². The molecular weight excluding hydrogens is 487 g/mol. The molecule has 3 atom stereocenters. The third kappa shape index (κ3) is 5.98. The summed E-state index contributed by atoms with van der Waals surface area (Å²) in [6, 6.07) is 14.5. The molecule has 0 heterocycles. The second-order valence-corrected chi connectivity index (χ2v) is 13.6. The van der Waals surface area contributed by atoms with E-state index >= 15 is 0 Å². The maximum absolute atomic E-state index is 14.9. The third-order valence-corrected chi connectivity index (χ3v) is 10.6. The first-order chi connectivity index (χ1) is 18.1. The minimum absolute atomic E-state index is 0.120. The van der Waals surface area contributed by atoms with Crippen LogP contribution in [0.5, 0.6) is 0 Å². The van der Waals surface area contributed by atoms with Crippen LogP contribution in [0.1, 0.15) is 68.7 Å². The lowest BCUT2D eigenvalue weighted by Crippen LogP contribution is -2.36. The van der Waals surface area contributed by atoms with Gasteiger partial charge in [0.1, 0.15) is 5.82 Å². The van der Waals surface area contributed by atoms with E-state index in [9.17, 15) is 4.39 Å². The molecule has 0 radical (unpaired) electrons. The number of fused-ring (bicyclic) bond motifs is 1. The maximum atomic E-state index is 14.9. The molecule has 2 nitrogen and oxygen atoms in total. The van der Waals surface area contributed by atoms with Gasteiger partial charge < -0.3 is 0 Å². The predicted octanol–water partition coefficient (Wildman–Crippen LogP) is 8.50. The van der Waals surface area contributed by atoms with E-state index in [1.807, 2.05) is 24.5 Å². The van der Waals surface area contributed by atoms with Gasteiger partial charge in [-0.1, -0.05) is 90.5 Å². The summed E-state index contributed by atoms with van der Waals surface area (Å²) in [4.78, 5) is 0. The molecule has 2 aliphatic rings. The van der Waals surface area contributed by atoms with Gasteiger partial charge in [-0.25, -0.2) is 4.39 Å². The van der Waals surface area contributed by atoms with Crippen molar-refractivity contribution in [2.24, 2.45) is 10.8 Å². The van der Waals surface area contributed by atoms with E-state index < -0.39 is 0 Å². The molecule has 1 N–H and O–H groups in total. The second-order valence-electron chi connectivity index (χ2n) is 11.8. The molecule has 38 heavy (non-hydrogen) atoms. The number of nitrogens with zero attached hydrogens (tertiary/aromatic N) is 1. The Labute approximate surface area is 232 Å². The van der Waals surface area contributed by atoms with Gasteiger partial charge in [0, 0.05) is 12.1 Å². The molecule has 0 spiro atoms. The van der Waals surface area contributed by atoms with Gasteiger partial charge in [0.2, 0.25) is 0 Å². The highest BCUT2D eigenvalue weighted by Gasteiger charge is 2.52. The van der Waals surface area contributed by atoms with Crippen LogP contribution in [-0.4, -0.2) is 24.3 Å². The average molecular weight is 533 g/mol. The van der Waals surface area contributed by atoms with E-state index in [-0.39, 0.29) is 27.5 Å². The largest absolute Gasteiger partial charge is 0.253 e. The van der Waals surface area contributed by atoms with Crippen LogP contribution in [0.15, 0.2) is 77.4 Å². The van der Waals surface area contributed by atoms with Crippen LogP contribution < -0.4 is 4.72 Å². The molecule has 3 unspecified atom stereocenters. The molecule has 1 saturated carbocycles. The number of hydrogen-bond donors (Lipinski definition) is 1. The van der Waals surface area contributed by atoms with Crippen molar-refractivity contribution >= 4 is 16.7 Å². The minimum atomic E-state index is -0.343. The molecule has 0 bridgehead atoms. The van der Waals surface area contributed by atoms with Gasteiger partial charge in [-0.3, -0.25) is 9.03 Å². The van der Waals surface area contributed by atoms with Crippen LogP contribution in [0, 0.1) is 23.6 Å². The van der Waals surface area contributed by atoms with Crippen LogP contribution in [-0.2, 0) is 19.4 Å². The topological polar surface area (TPSA) is 15.3 Å². The van der Waals surface area contributed by atoms with E-state index in [1.54, 1.807) is 11.6 Å². The summed E-state index contributed by atoms with van der Waals surface area (Å²) in [7, 11) is 3.64. The Hall–Kier alpha value is -2.27. The zero-order valence-corrected chi connectivity index (χ0v) is 25.0. The van der Waals surface area contributed by atoms with Crippen LogP contribution in [0.3, 0.4) is 0 Å². The molecule has 0 amide bonds. The van der Waals surface area contributed by atoms with Gasteiger partial charge in [0.15, 0.2) is 0 Å². The summed E-state index contributed by atoms with van der Waals surface area (Å²) in [5.41, 5.74) is 9.41. The highest BCUT2D eigenvalue weighted by atomic mass is 32.2. The van der Waals surface area contributed by atoms with E-state index in [0.717, 1.165) is 43.2 Å². The van der Waals surface area contributed by atoms with Crippen LogP contribution >= 0.6 is 10.9 Å². The first kappa shape index (κ1) is 28.7. The quantitative estimate of drug-likeness (QED) is 0.309. The number of benzene rings is 2. The Morgan fingerprint density at radius 1 is 1.13 bits per heavy atom. The van der Waals surface area contributed by atoms with E-state index in [0.29, 0.717) is 6.54 Å². The molecule has 204 valence electrons. The summed E-state index contributed by atoms with van der Waals surface area (Å²) in [5.74, 6) is 4.03. The molecule has 2 aromatic rings. The molecule has 2 aromatic carbocycles. The predicted molar refractivity (Wildman–Crippen MR) is 165 cm³/mol. The van der Waals surface area contributed by atoms with Gasteiger partial charge in [-0.2, -0.15) is 0 Å². The SMILES string of the molecule is C=S(NCc1c(F)cccc1CCC1(C)CCC2=CC(Cc3ccc(C)cc3)=C(/C=C\C)CC21C)N(C)C. The lowest BCUT2D eigenvalue weighted by atomic mass is 9.59. The summed E-state index contributed by atoms with van der Waals surface area (Å²) in [6.07, 6.45) is 13.4. The Balaban J connectivity index is 1.55. The fraction of sp³-hybridized carbons (Fsp3) is 0.441. The number of halogens is 1. The van der Waals surface area contributed by atoms with Crippen molar-refractivity contribution in [1.29, 1.82) is 0 Å². The van der Waals surface area contributed by atoms with Crippen LogP contribution in [0.2, 0.25) is 0 Å². The smallest absolute Gasteiger partial charge is 0.128 e. The number of rotatable bonds is 10. The Morgan fingerprint density at radius 2 is 1.87 bits per heavy atom. The fourth-order valence-electron chi connectivity index (χ4n) is 6.29. The molecule has 4 rings (SSSR count). The lowest BCUT2D eigenvalue weighted by Gasteiger charge is -2.45.